The second kappa shape index (κ2) is 12.3. The molecule has 3 N–H and O–H groups in total. The van der Waals surface area contributed by atoms with Gasteiger partial charge in [0, 0.05) is 22.5 Å². The van der Waals surface area contributed by atoms with Gasteiger partial charge in [-0.25, -0.2) is 8.78 Å². The number of amides is 2. The van der Waals surface area contributed by atoms with Crippen molar-refractivity contribution in [2.75, 3.05) is 23.5 Å². The van der Waals surface area contributed by atoms with Crippen LogP contribution in [0.4, 0.5) is 20.2 Å². The molecule has 4 rings (SSSR count). The minimum atomic E-state index is -1.03. The van der Waals surface area contributed by atoms with Crippen molar-refractivity contribution in [1.82, 2.24) is 5.32 Å². The molecule has 0 aliphatic carbocycles. The summed E-state index contributed by atoms with van der Waals surface area (Å²) in [5.41, 5.74) is 1.63. The van der Waals surface area contributed by atoms with Crippen molar-refractivity contribution in [3.63, 3.8) is 0 Å². The summed E-state index contributed by atoms with van der Waals surface area (Å²) in [6.07, 6.45) is 0. The lowest BCUT2D eigenvalue weighted by atomic mass is 9.82. The molecule has 0 radical (unpaired) electrons. The largest absolute Gasteiger partial charge is 0.495 e. The number of nitrogens with zero attached hydrogens (tertiary/aromatic N) is 1. The SMILES string of the molecule is COc1ccccc1NC(=O)C1=C(C)NC(SCC(=O)Nc2ccc(F)cc2)=C(C#N)[C@@H]1c1ccccc1F. The maximum absolute atomic E-state index is 15.1. The molecular formula is C29H24F2N4O3S. The molecule has 0 fully saturated rings. The van der Waals surface area contributed by atoms with Crippen LogP contribution in [0.1, 0.15) is 18.4 Å². The summed E-state index contributed by atoms with van der Waals surface area (Å²) < 4.78 is 33.6. The van der Waals surface area contributed by atoms with Crippen molar-refractivity contribution in [2.45, 2.75) is 12.8 Å². The number of benzene rings is 3. The van der Waals surface area contributed by atoms with Crippen molar-refractivity contribution < 1.29 is 23.1 Å². The third-order valence-electron chi connectivity index (χ3n) is 5.94. The number of thioether (sulfide) groups is 1. The number of para-hydroxylation sites is 2. The zero-order valence-corrected chi connectivity index (χ0v) is 21.9. The van der Waals surface area contributed by atoms with Gasteiger partial charge in [0.05, 0.1) is 41.1 Å². The fraction of sp³-hybridized carbons (Fsp3) is 0.138. The van der Waals surface area contributed by atoms with Crippen LogP contribution in [-0.2, 0) is 9.59 Å². The van der Waals surface area contributed by atoms with E-state index in [-0.39, 0.29) is 28.4 Å². The van der Waals surface area contributed by atoms with E-state index in [9.17, 15) is 19.2 Å². The molecule has 0 saturated heterocycles. The Labute approximate surface area is 228 Å². The molecule has 7 nitrogen and oxygen atoms in total. The quantitative estimate of drug-likeness (QED) is 0.336. The lowest BCUT2D eigenvalue weighted by Gasteiger charge is -2.30. The molecule has 198 valence electrons. The summed E-state index contributed by atoms with van der Waals surface area (Å²) in [5.74, 6) is -2.61. The van der Waals surface area contributed by atoms with Crippen LogP contribution in [0.15, 0.2) is 94.7 Å². The van der Waals surface area contributed by atoms with E-state index in [1.54, 1.807) is 37.3 Å². The molecule has 1 aliphatic rings. The normalized spacial score (nSPS) is 14.8. The Balaban J connectivity index is 1.65. The predicted octanol–water partition coefficient (Wildman–Crippen LogP) is 5.68. The number of halogens is 2. The van der Waals surface area contributed by atoms with Crippen LogP contribution in [0, 0.1) is 23.0 Å². The Kier molecular flexibility index (Phi) is 8.63. The molecule has 0 unspecified atom stereocenters. The topological polar surface area (TPSA) is 103 Å². The average molecular weight is 547 g/mol. The molecular weight excluding hydrogens is 522 g/mol. The van der Waals surface area contributed by atoms with Crippen molar-refractivity contribution in [3.8, 4) is 11.8 Å². The zero-order chi connectivity index (χ0) is 27.9. The highest BCUT2D eigenvalue weighted by Gasteiger charge is 2.36. The van der Waals surface area contributed by atoms with E-state index < -0.39 is 23.5 Å². The number of hydrogen-bond acceptors (Lipinski definition) is 6. The lowest BCUT2D eigenvalue weighted by molar-refractivity contribution is -0.114. The van der Waals surface area contributed by atoms with Gasteiger partial charge in [-0.1, -0.05) is 42.1 Å². The second-order valence-corrected chi connectivity index (χ2v) is 9.46. The predicted molar refractivity (Wildman–Crippen MR) is 147 cm³/mol. The van der Waals surface area contributed by atoms with Crippen molar-refractivity contribution in [1.29, 1.82) is 5.26 Å². The van der Waals surface area contributed by atoms with Crippen LogP contribution in [0.5, 0.6) is 5.75 Å². The second-order valence-electron chi connectivity index (χ2n) is 8.47. The summed E-state index contributed by atoms with van der Waals surface area (Å²) in [5, 5.41) is 19.0. The first-order valence-corrected chi connectivity index (χ1v) is 12.8. The molecule has 10 heteroatoms. The Morgan fingerprint density at radius 2 is 1.72 bits per heavy atom. The number of dihydropyridines is 1. The van der Waals surface area contributed by atoms with Gasteiger partial charge in [-0.2, -0.15) is 5.26 Å². The molecule has 0 saturated carbocycles. The Morgan fingerprint density at radius 3 is 2.41 bits per heavy atom. The minimum Gasteiger partial charge on any atom is -0.495 e. The Bertz CT molecular complexity index is 1510. The number of allylic oxidation sites excluding steroid dienone is 2. The first-order chi connectivity index (χ1) is 18.8. The fourth-order valence-electron chi connectivity index (χ4n) is 4.15. The monoisotopic (exact) mass is 546 g/mol. The number of rotatable bonds is 8. The maximum Gasteiger partial charge on any atom is 0.254 e. The number of anilines is 2. The van der Waals surface area contributed by atoms with E-state index in [1.807, 2.05) is 0 Å². The third-order valence-corrected chi connectivity index (χ3v) is 6.96. The number of methoxy groups -OCH3 is 1. The van der Waals surface area contributed by atoms with Crippen LogP contribution < -0.4 is 20.7 Å². The van der Waals surface area contributed by atoms with Crippen LogP contribution in [-0.4, -0.2) is 24.7 Å². The third kappa shape index (κ3) is 6.27. The number of nitrogens with one attached hydrogen (secondary N) is 3. The van der Waals surface area contributed by atoms with Crippen molar-refractivity contribution >= 4 is 35.0 Å². The van der Waals surface area contributed by atoms with Crippen LogP contribution in [0.25, 0.3) is 0 Å². The first-order valence-electron chi connectivity index (χ1n) is 11.8. The molecule has 3 aromatic rings. The standard InChI is InChI=1S/C29H24F2N4O3S/c1-17-26(28(37)35-23-9-5-6-10-24(23)38-2)27(20-7-3-4-8-22(20)31)21(15-32)29(33-17)39-16-25(36)34-19-13-11-18(30)12-14-19/h3-14,27,33H,16H2,1-2H3,(H,34,36)(H,35,37)/t27-/m0/s1. The van der Waals surface area contributed by atoms with E-state index >= 15 is 4.39 Å². The summed E-state index contributed by atoms with van der Waals surface area (Å²) in [6, 6.07) is 20.2. The molecule has 0 aromatic heterocycles. The van der Waals surface area contributed by atoms with Gasteiger partial charge in [-0.3, -0.25) is 9.59 Å². The highest BCUT2D eigenvalue weighted by atomic mass is 32.2. The molecule has 39 heavy (non-hydrogen) atoms. The van der Waals surface area contributed by atoms with E-state index in [0.29, 0.717) is 27.9 Å². The summed E-state index contributed by atoms with van der Waals surface area (Å²) in [6.45, 7) is 1.65. The molecule has 2 amide bonds. The molecule has 3 aromatic carbocycles. The van der Waals surface area contributed by atoms with Gasteiger partial charge in [-0.05, 0) is 49.4 Å². The van der Waals surface area contributed by atoms with E-state index in [0.717, 1.165) is 11.8 Å². The Morgan fingerprint density at radius 1 is 1.03 bits per heavy atom. The molecule has 0 spiro atoms. The van der Waals surface area contributed by atoms with Crippen molar-refractivity contribution in [3.05, 3.63) is 112 Å². The zero-order valence-electron chi connectivity index (χ0n) is 21.0. The lowest BCUT2D eigenvalue weighted by Crippen LogP contribution is -2.31. The minimum absolute atomic E-state index is 0.0924. The van der Waals surface area contributed by atoms with Gasteiger partial charge < -0.3 is 20.7 Å². The van der Waals surface area contributed by atoms with Gasteiger partial charge in [0.2, 0.25) is 5.91 Å². The van der Waals surface area contributed by atoms with Crippen LogP contribution >= 0.6 is 11.8 Å². The van der Waals surface area contributed by atoms with E-state index in [4.69, 9.17) is 4.74 Å². The van der Waals surface area contributed by atoms with Gasteiger partial charge in [0.15, 0.2) is 0 Å². The van der Waals surface area contributed by atoms with E-state index in [1.165, 1.54) is 49.6 Å². The highest BCUT2D eigenvalue weighted by molar-refractivity contribution is 8.03. The van der Waals surface area contributed by atoms with Gasteiger partial charge in [0.25, 0.3) is 5.91 Å². The first kappa shape index (κ1) is 27.4. The number of carbonyl (C=O) groups excluding carboxylic acids is 2. The van der Waals surface area contributed by atoms with Gasteiger partial charge in [0.1, 0.15) is 17.4 Å². The van der Waals surface area contributed by atoms with Crippen LogP contribution in [0.2, 0.25) is 0 Å². The smallest absolute Gasteiger partial charge is 0.254 e. The highest BCUT2D eigenvalue weighted by Crippen LogP contribution is 2.42. The summed E-state index contributed by atoms with van der Waals surface area (Å²) in [4.78, 5) is 26.1. The van der Waals surface area contributed by atoms with E-state index in [2.05, 4.69) is 22.0 Å². The number of ether oxygens (including phenoxy) is 1. The van der Waals surface area contributed by atoms with Crippen molar-refractivity contribution in [2.24, 2.45) is 0 Å². The molecule has 1 aliphatic heterocycles. The molecule has 0 bridgehead atoms. The summed E-state index contributed by atoms with van der Waals surface area (Å²) in [7, 11) is 1.48. The fourth-order valence-corrected chi connectivity index (χ4v) is 5.05. The number of carbonyl (C=O) groups is 2. The Hall–Kier alpha value is -4.62. The van der Waals surface area contributed by atoms with Gasteiger partial charge in [-0.15, -0.1) is 0 Å². The van der Waals surface area contributed by atoms with Crippen LogP contribution in [0.3, 0.4) is 0 Å². The average Bonchev–Trinajstić information content (AvgIpc) is 2.93. The number of hydrogen-bond donors (Lipinski definition) is 3. The molecule has 1 atom stereocenters. The number of nitriles is 1. The van der Waals surface area contributed by atoms with Gasteiger partial charge >= 0.3 is 0 Å². The summed E-state index contributed by atoms with van der Waals surface area (Å²) >= 11 is 1.04. The molecule has 1 heterocycles. The maximum atomic E-state index is 15.1.